The smallest absolute Gasteiger partial charge is 0.175 e. The second-order valence-corrected chi connectivity index (χ2v) is 8.72. The van der Waals surface area contributed by atoms with Crippen LogP contribution < -0.4 is 11.1 Å². The molecule has 4 rings (SSSR count). The van der Waals surface area contributed by atoms with Gasteiger partial charge in [-0.15, -0.1) is 0 Å². The topological polar surface area (TPSA) is 122 Å². The van der Waals surface area contributed by atoms with Gasteiger partial charge in [0.1, 0.15) is 6.33 Å². The first-order valence-corrected chi connectivity index (χ1v) is 10.7. The van der Waals surface area contributed by atoms with Crippen LogP contribution in [0.1, 0.15) is 19.3 Å². The third-order valence-electron chi connectivity index (χ3n) is 4.92. The van der Waals surface area contributed by atoms with E-state index in [1.807, 2.05) is 0 Å². The van der Waals surface area contributed by atoms with Gasteiger partial charge in [0.05, 0.1) is 0 Å². The van der Waals surface area contributed by atoms with Gasteiger partial charge in [-0.05, 0) is 66.3 Å². The molecule has 5 N–H and O–H groups in total. The van der Waals surface area contributed by atoms with Gasteiger partial charge in [-0.25, -0.2) is 15.0 Å². The van der Waals surface area contributed by atoms with E-state index in [2.05, 4.69) is 40.8 Å². The number of nitrogens with two attached hydrogens (primary N) is 1. The number of hydrogen-bond acceptors (Lipinski definition) is 8. The zero-order valence-electron chi connectivity index (χ0n) is 15.1. The molecule has 1 aliphatic heterocycles. The predicted octanol–water partition coefficient (Wildman–Crippen LogP) is 3.12. The van der Waals surface area contributed by atoms with Gasteiger partial charge in [0, 0.05) is 15.9 Å². The molecule has 0 spiro atoms. The molecule has 0 bridgehead atoms. The van der Waals surface area contributed by atoms with Crippen molar-refractivity contribution in [3.63, 3.8) is 0 Å². The standard InChI is InChI=1S/C18H21BrN6O2S/c19-11-6-12(26)13(27)7-14(11)28-18-24-15-16(20)22-9-23-17(15)25(18)5-3-10-2-1-4-21-8-10/h6-7,9-10,21,26-27H,1-5,8H2,(H2,20,22,23). The average molecular weight is 465 g/mol. The minimum absolute atomic E-state index is 0.176. The number of nitrogens with one attached hydrogen (secondary N) is 1. The van der Waals surface area contributed by atoms with Crippen LogP contribution in [0.2, 0.25) is 0 Å². The molecule has 1 fully saturated rings. The largest absolute Gasteiger partial charge is 0.504 e. The predicted molar refractivity (Wildman–Crippen MR) is 112 cm³/mol. The van der Waals surface area contributed by atoms with Crippen molar-refractivity contribution in [2.24, 2.45) is 5.92 Å². The SMILES string of the molecule is Nc1ncnc2c1nc(Sc1cc(O)c(O)cc1Br)n2CCC1CCCNC1. The fourth-order valence-corrected chi connectivity index (χ4v) is 4.93. The third-order valence-corrected chi connectivity index (χ3v) is 6.89. The zero-order valence-corrected chi connectivity index (χ0v) is 17.5. The molecule has 1 aliphatic rings. The maximum absolute atomic E-state index is 9.87. The molecular weight excluding hydrogens is 444 g/mol. The van der Waals surface area contributed by atoms with E-state index >= 15 is 0 Å². The first-order valence-electron chi connectivity index (χ1n) is 9.09. The molecule has 8 nitrogen and oxygen atoms in total. The fourth-order valence-electron chi connectivity index (χ4n) is 3.40. The lowest BCUT2D eigenvalue weighted by atomic mass is 9.96. The molecule has 1 unspecified atom stereocenters. The van der Waals surface area contributed by atoms with E-state index in [4.69, 9.17) is 5.73 Å². The Morgan fingerprint density at radius 3 is 2.89 bits per heavy atom. The van der Waals surface area contributed by atoms with E-state index in [-0.39, 0.29) is 11.5 Å². The zero-order chi connectivity index (χ0) is 19.7. The van der Waals surface area contributed by atoms with Crippen molar-refractivity contribution in [1.29, 1.82) is 0 Å². The Labute approximate surface area is 174 Å². The molecule has 2 aromatic heterocycles. The number of phenolic OH excluding ortho intramolecular Hbond substituents is 2. The number of halogens is 1. The highest BCUT2D eigenvalue weighted by atomic mass is 79.9. The summed E-state index contributed by atoms with van der Waals surface area (Å²) in [6, 6.07) is 2.97. The van der Waals surface area contributed by atoms with E-state index in [0.717, 1.165) is 36.1 Å². The van der Waals surface area contributed by atoms with Crippen molar-refractivity contribution in [2.75, 3.05) is 18.8 Å². The van der Waals surface area contributed by atoms with Crippen LogP contribution in [0.4, 0.5) is 5.82 Å². The molecular formula is C18H21BrN6O2S. The van der Waals surface area contributed by atoms with Crippen LogP contribution in [-0.4, -0.2) is 42.8 Å². The number of benzene rings is 1. The van der Waals surface area contributed by atoms with Crippen LogP contribution in [0.5, 0.6) is 11.5 Å². The fraction of sp³-hybridized carbons (Fsp3) is 0.389. The summed E-state index contributed by atoms with van der Waals surface area (Å²) in [5.74, 6) is 0.607. The third kappa shape index (κ3) is 3.89. The lowest BCUT2D eigenvalue weighted by molar-refractivity contribution is 0.339. The van der Waals surface area contributed by atoms with Crippen LogP contribution in [0.25, 0.3) is 11.2 Å². The number of aryl methyl sites for hydroxylation is 1. The van der Waals surface area contributed by atoms with E-state index < -0.39 is 0 Å². The van der Waals surface area contributed by atoms with E-state index in [9.17, 15) is 10.2 Å². The van der Waals surface area contributed by atoms with Gasteiger partial charge >= 0.3 is 0 Å². The molecule has 0 amide bonds. The number of nitrogens with zero attached hydrogens (tertiary/aromatic N) is 4. The Morgan fingerprint density at radius 1 is 1.29 bits per heavy atom. The molecule has 0 radical (unpaired) electrons. The number of anilines is 1. The van der Waals surface area contributed by atoms with Crippen LogP contribution in [0.3, 0.4) is 0 Å². The number of imidazole rings is 1. The summed E-state index contributed by atoms with van der Waals surface area (Å²) in [6.07, 6.45) is 4.88. The minimum Gasteiger partial charge on any atom is -0.504 e. The van der Waals surface area contributed by atoms with Crippen molar-refractivity contribution in [2.45, 2.75) is 35.9 Å². The van der Waals surface area contributed by atoms with Crippen LogP contribution >= 0.6 is 27.7 Å². The molecule has 3 heterocycles. The molecule has 28 heavy (non-hydrogen) atoms. The molecule has 1 saturated heterocycles. The Kier molecular flexibility index (Phi) is 5.61. The highest BCUT2D eigenvalue weighted by Gasteiger charge is 2.20. The number of aromatic hydroxyl groups is 2. The van der Waals surface area contributed by atoms with Crippen molar-refractivity contribution in [3.8, 4) is 11.5 Å². The number of piperidine rings is 1. The minimum atomic E-state index is -0.180. The number of aromatic nitrogens is 4. The molecule has 1 atom stereocenters. The molecule has 0 saturated carbocycles. The Balaban J connectivity index is 1.68. The molecule has 148 valence electrons. The Hall–Kier alpha value is -2.04. The van der Waals surface area contributed by atoms with Crippen LogP contribution in [0.15, 0.2) is 33.0 Å². The van der Waals surface area contributed by atoms with Gasteiger partial charge in [0.2, 0.25) is 0 Å². The highest BCUT2D eigenvalue weighted by Crippen LogP contribution is 2.40. The highest BCUT2D eigenvalue weighted by molar-refractivity contribution is 9.10. The summed E-state index contributed by atoms with van der Waals surface area (Å²) in [7, 11) is 0. The van der Waals surface area contributed by atoms with Gasteiger partial charge in [-0.2, -0.15) is 0 Å². The van der Waals surface area contributed by atoms with Crippen molar-refractivity contribution < 1.29 is 10.2 Å². The van der Waals surface area contributed by atoms with Crippen LogP contribution in [0, 0.1) is 5.92 Å². The number of nitrogen functional groups attached to an aromatic ring is 1. The Morgan fingerprint density at radius 2 is 2.11 bits per heavy atom. The second kappa shape index (κ2) is 8.14. The summed E-state index contributed by atoms with van der Waals surface area (Å²) >= 11 is 4.81. The molecule has 0 aliphatic carbocycles. The second-order valence-electron chi connectivity index (χ2n) is 6.85. The van der Waals surface area contributed by atoms with Gasteiger partial charge in [-0.1, -0.05) is 11.8 Å². The maximum Gasteiger partial charge on any atom is 0.175 e. The monoisotopic (exact) mass is 464 g/mol. The normalized spacial score (nSPS) is 17.2. The van der Waals surface area contributed by atoms with Gasteiger partial charge in [0.25, 0.3) is 0 Å². The first-order chi connectivity index (χ1) is 13.5. The first kappa shape index (κ1) is 19.3. The van der Waals surface area contributed by atoms with Crippen molar-refractivity contribution in [3.05, 3.63) is 22.9 Å². The van der Waals surface area contributed by atoms with Crippen molar-refractivity contribution >= 4 is 44.7 Å². The number of fused-ring (bicyclic) bond motifs is 1. The summed E-state index contributed by atoms with van der Waals surface area (Å²) in [5, 5.41) is 23.7. The molecule has 10 heteroatoms. The van der Waals surface area contributed by atoms with Crippen LogP contribution in [-0.2, 0) is 6.54 Å². The number of phenols is 2. The lowest BCUT2D eigenvalue weighted by Crippen LogP contribution is -2.30. The Bertz CT molecular complexity index is 1010. The summed E-state index contributed by atoms with van der Waals surface area (Å²) < 4.78 is 2.73. The van der Waals surface area contributed by atoms with Gasteiger partial charge < -0.3 is 25.8 Å². The lowest BCUT2D eigenvalue weighted by Gasteiger charge is -2.23. The average Bonchev–Trinajstić information content (AvgIpc) is 3.04. The summed E-state index contributed by atoms with van der Waals surface area (Å²) in [6.45, 7) is 2.89. The molecule has 1 aromatic carbocycles. The van der Waals surface area contributed by atoms with E-state index in [1.54, 1.807) is 0 Å². The number of rotatable bonds is 5. The van der Waals surface area contributed by atoms with E-state index in [1.165, 1.54) is 43.1 Å². The quantitative estimate of drug-likeness (QED) is 0.424. The molecule has 3 aromatic rings. The summed E-state index contributed by atoms with van der Waals surface area (Å²) in [5.41, 5.74) is 7.30. The maximum atomic E-state index is 9.87. The van der Waals surface area contributed by atoms with Gasteiger partial charge in [-0.3, -0.25) is 0 Å². The van der Waals surface area contributed by atoms with E-state index in [0.29, 0.717) is 27.4 Å². The summed E-state index contributed by atoms with van der Waals surface area (Å²) in [4.78, 5) is 13.8. The number of hydrogen-bond donors (Lipinski definition) is 4. The van der Waals surface area contributed by atoms with Gasteiger partial charge in [0.15, 0.2) is 33.6 Å². The van der Waals surface area contributed by atoms with Crippen molar-refractivity contribution in [1.82, 2.24) is 24.8 Å².